The first-order chi connectivity index (χ1) is 11.7. The van der Waals surface area contributed by atoms with Crippen LogP contribution in [0.3, 0.4) is 0 Å². The molecule has 3 aromatic rings. The molecule has 0 bridgehead atoms. The van der Waals surface area contributed by atoms with Crippen LogP contribution in [0.15, 0.2) is 53.9 Å². The van der Waals surface area contributed by atoms with Gasteiger partial charge in [-0.2, -0.15) is 5.26 Å². The second-order valence-electron chi connectivity index (χ2n) is 5.05. The second kappa shape index (κ2) is 6.94. The minimum atomic E-state index is -0.242. The largest absolute Gasteiger partial charge is 0.508 e. The van der Waals surface area contributed by atoms with Gasteiger partial charge in [-0.05, 0) is 42.5 Å². The predicted molar refractivity (Wildman–Crippen MR) is 91.5 cm³/mol. The van der Waals surface area contributed by atoms with Crippen LogP contribution in [-0.4, -0.2) is 16.0 Å². The molecule has 0 aliphatic rings. The quantitative estimate of drug-likeness (QED) is 0.766. The van der Waals surface area contributed by atoms with E-state index in [4.69, 9.17) is 5.26 Å². The highest BCUT2D eigenvalue weighted by Gasteiger charge is 2.09. The summed E-state index contributed by atoms with van der Waals surface area (Å²) in [6.45, 7) is 0.318. The highest BCUT2D eigenvalue weighted by molar-refractivity contribution is 7.09. The van der Waals surface area contributed by atoms with Crippen molar-refractivity contribution in [3.63, 3.8) is 0 Å². The van der Waals surface area contributed by atoms with E-state index in [1.165, 1.54) is 11.3 Å². The van der Waals surface area contributed by atoms with Crippen LogP contribution < -0.4 is 5.32 Å². The number of aromatic hydroxyl groups is 1. The first-order valence-electron chi connectivity index (χ1n) is 7.18. The van der Waals surface area contributed by atoms with Crippen LogP contribution in [-0.2, 0) is 6.54 Å². The maximum absolute atomic E-state index is 12.1. The Morgan fingerprint density at radius 1 is 1.25 bits per heavy atom. The molecular weight excluding hydrogens is 322 g/mol. The number of phenolic OH excluding ortho intramolecular Hbond substituents is 1. The van der Waals surface area contributed by atoms with Gasteiger partial charge in [-0.15, -0.1) is 11.3 Å². The van der Waals surface area contributed by atoms with Crippen molar-refractivity contribution in [3.8, 4) is 23.1 Å². The van der Waals surface area contributed by atoms with Crippen molar-refractivity contribution >= 4 is 17.2 Å². The molecule has 0 atom stereocenters. The van der Waals surface area contributed by atoms with Crippen LogP contribution in [0, 0.1) is 11.3 Å². The molecule has 2 aromatic carbocycles. The molecule has 5 nitrogen and oxygen atoms in total. The summed E-state index contributed by atoms with van der Waals surface area (Å²) in [6, 6.07) is 15.4. The maximum Gasteiger partial charge on any atom is 0.251 e. The summed E-state index contributed by atoms with van der Waals surface area (Å²) >= 11 is 1.45. The zero-order chi connectivity index (χ0) is 16.9. The van der Waals surface area contributed by atoms with Crippen molar-refractivity contribution in [2.24, 2.45) is 0 Å². The van der Waals surface area contributed by atoms with Crippen molar-refractivity contribution in [2.75, 3.05) is 0 Å². The molecule has 3 rings (SSSR count). The zero-order valence-electron chi connectivity index (χ0n) is 12.6. The third-order valence-electron chi connectivity index (χ3n) is 3.37. The molecule has 0 aliphatic heterocycles. The number of rotatable bonds is 4. The van der Waals surface area contributed by atoms with Crippen LogP contribution in [0.25, 0.3) is 11.3 Å². The third-order valence-corrected chi connectivity index (χ3v) is 4.22. The number of amides is 1. The monoisotopic (exact) mass is 335 g/mol. The van der Waals surface area contributed by atoms with Crippen molar-refractivity contribution in [1.82, 2.24) is 10.3 Å². The van der Waals surface area contributed by atoms with Gasteiger partial charge in [-0.3, -0.25) is 4.79 Å². The fraction of sp³-hybridized carbons (Fsp3) is 0.0556. The Labute approximate surface area is 142 Å². The van der Waals surface area contributed by atoms with Crippen LogP contribution in [0.2, 0.25) is 0 Å². The molecule has 0 fully saturated rings. The lowest BCUT2D eigenvalue weighted by Gasteiger charge is -2.03. The Morgan fingerprint density at radius 3 is 2.79 bits per heavy atom. The minimum Gasteiger partial charge on any atom is -0.508 e. The van der Waals surface area contributed by atoms with Crippen LogP contribution >= 0.6 is 11.3 Å². The molecule has 0 unspecified atom stereocenters. The van der Waals surface area contributed by atoms with E-state index < -0.39 is 0 Å². The number of phenols is 1. The number of nitrogens with zero attached hydrogens (tertiary/aromatic N) is 2. The van der Waals surface area contributed by atoms with E-state index in [2.05, 4.69) is 10.3 Å². The van der Waals surface area contributed by atoms with Gasteiger partial charge in [0.15, 0.2) is 0 Å². The van der Waals surface area contributed by atoms with Gasteiger partial charge in [-0.25, -0.2) is 4.98 Å². The van der Waals surface area contributed by atoms with Gasteiger partial charge >= 0.3 is 0 Å². The van der Waals surface area contributed by atoms with E-state index in [1.807, 2.05) is 11.4 Å². The summed E-state index contributed by atoms with van der Waals surface area (Å²) in [4.78, 5) is 16.6. The summed E-state index contributed by atoms with van der Waals surface area (Å²) in [5.41, 5.74) is 2.61. The fourth-order valence-electron chi connectivity index (χ4n) is 2.14. The van der Waals surface area contributed by atoms with Crippen molar-refractivity contribution in [3.05, 3.63) is 70.0 Å². The first kappa shape index (κ1) is 15.7. The average Bonchev–Trinajstić information content (AvgIpc) is 3.09. The number of benzene rings is 2. The molecule has 0 spiro atoms. The molecule has 0 aliphatic carbocycles. The molecule has 6 heteroatoms. The number of hydrogen-bond donors (Lipinski definition) is 2. The van der Waals surface area contributed by atoms with Crippen LogP contribution in [0.1, 0.15) is 20.9 Å². The van der Waals surface area contributed by atoms with E-state index in [0.29, 0.717) is 17.7 Å². The fourth-order valence-corrected chi connectivity index (χ4v) is 2.89. The SMILES string of the molecule is N#Cc1cccc(C(=O)NCc2nc(-c3ccc(O)cc3)cs2)c1. The Kier molecular flexibility index (Phi) is 4.54. The molecule has 24 heavy (non-hydrogen) atoms. The molecule has 0 saturated heterocycles. The van der Waals surface area contributed by atoms with Gasteiger partial charge in [0, 0.05) is 16.5 Å². The lowest BCUT2D eigenvalue weighted by Crippen LogP contribution is -2.22. The molecule has 1 aromatic heterocycles. The highest BCUT2D eigenvalue weighted by Crippen LogP contribution is 2.23. The van der Waals surface area contributed by atoms with Gasteiger partial charge in [0.05, 0.1) is 23.9 Å². The molecule has 0 saturated carbocycles. The summed E-state index contributed by atoms with van der Waals surface area (Å²) in [7, 11) is 0. The number of aromatic nitrogens is 1. The summed E-state index contributed by atoms with van der Waals surface area (Å²) in [5.74, 6) is -0.0328. The molecule has 0 radical (unpaired) electrons. The smallest absolute Gasteiger partial charge is 0.251 e. The molecule has 1 heterocycles. The van der Waals surface area contributed by atoms with Gasteiger partial charge < -0.3 is 10.4 Å². The van der Waals surface area contributed by atoms with Crippen molar-refractivity contribution in [2.45, 2.75) is 6.54 Å². The Balaban J connectivity index is 1.66. The van der Waals surface area contributed by atoms with E-state index in [0.717, 1.165) is 16.3 Å². The lowest BCUT2D eigenvalue weighted by atomic mass is 10.1. The maximum atomic E-state index is 12.1. The number of carbonyl (C=O) groups is 1. The standard InChI is InChI=1S/C18H13N3O2S/c19-9-12-2-1-3-14(8-12)18(23)20-10-17-21-16(11-24-17)13-4-6-15(22)7-5-13/h1-8,11,22H,10H2,(H,20,23). The van der Waals surface area contributed by atoms with E-state index in [1.54, 1.807) is 48.5 Å². The average molecular weight is 335 g/mol. The number of thiazole rings is 1. The minimum absolute atomic E-state index is 0.209. The number of nitriles is 1. The highest BCUT2D eigenvalue weighted by atomic mass is 32.1. The molecule has 118 valence electrons. The van der Waals surface area contributed by atoms with Gasteiger partial charge in [-0.1, -0.05) is 6.07 Å². The normalized spacial score (nSPS) is 10.1. The molecule has 2 N–H and O–H groups in total. The number of nitrogens with one attached hydrogen (secondary N) is 1. The Morgan fingerprint density at radius 2 is 2.04 bits per heavy atom. The summed E-state index contributed by atoms with van der Waals surface area (Å²) in [6.07, 6.45) is 0. The van der Waals surface area contributed by atoms with Gasteiger partial charge in [0.2, 0.25) is 0 Å². The van der Waals surface area contributed by atoms with Crippen LogP contribution in [0.5, 0.6) is 5.75 Å². The topological polar surface area (TPSA) is 86.0 Å². The summed E-state index contributed by atoms with van der Waals surface area (Å²) < 4.78 is 0. The van der Waals surface area contributed by atoms with E-state index >= 15 is 0 Å². The Bertz CT molecular complexity index is 911. The number of carbonyl (C=O) groups excluding carboxylic acids is 1. The molecular formula is C18H13N3O2S. The number of hydrogen-bond acceptors (Lipinski definition) is 5. The molecule has 1 amide bonds. The Hall–Kier alpha value is -3.17. The lowest BCUT2D eigenvalue weighted by molar-refractivity contribution is 0.0951. The first-order valence-corrected chi connectivity index (χ1v) is 8.06. The predicted octanol–water partition coefficient (Wildman–Crippen LogP) is 3.32. The van der Waals surface area contributed by atoms with Gasteiger partial charge in [0.25, 0.3) is 5.91 Å². The van der Waals surface area contributed by atoms with E-state index in [9.17, 15) is 9.90 Å². The van der Waals surface area contributed by atoms with Gasteiger partial charge in [0.1, 0.15) is 10.8 Å². The van der Waals surface area contributed by atoms with Crippen molar-refractivity contribution < 1.29 is 9.90 Å². The van der Waals surface area contributed by atoms with Crippen LogP contribution in [0.4, 0.5) is 0 Å². The van der Waals surface area contributed by atoms with E-state index in [-0.39, 0.29) is 11.7 Å². The summed E-state index contributed by atoms with van der Waals surface area (Å²) in [5, 5.41) is 23.7. The second-order valence-corrected chi connectivity index (χ2v) is 5.99. The van der Waals surface area contributed by atoms with Crippen molar-refractivity contribution in [1.29, 1.82) is 5.26 Å². The third kappa shape index (κ3) is 3.59. The zero-order valence-corrected chi connectivity index (χ0v) is 13.4.